The second-order valence-corrected chi connectivity index (χ2v) is 21.8. The van der Waals surface area contributed by atoms with Gasteiger partial charge in [0.25, 0.3) is 0 Å². The van der Waals surface area contributed by atoms with Crippen LogP contribution in [0.3, 0.4) is 0 Å². The fraction of sp³-hybridized carbons (Fsp3) is 0.423. The summed E-state index contributed by atoms with van der Waals surface area (Å²) in [5, 5.41) is 17.7. The molecule has 0 aromatic heterocycles. The lowest BCUT2D eigenvalue weighted by Gasteiger charge is -2.28. The van der Waals surface area contributed by atoms with Gasteiger partial charge >= 0.3 is 0 Å². The Morgan fingerprint density at radius 1 is 0.500 bits per heavy atom. The zero-order chi connectivity index (χ0) is 45.5. The first-order valence-corrected chi connectivity index (χ1v) is 24.7. The van der Waals surface area contributed by atoms with Gasteiger partial charge < -0.3 is 9.47 Å². The number of nitriles is 2. The molecule has 4 aromatic carbocycles. The number of hydrogen-bond acceptors (Lipinski definition) is 8. The maximum absolute atomic E-state index is 12.0. The number of rotatable bonds is 4. The van der Waals surface area contributed by atoms with Gasteiger partial charge in [-0.05, 0) is 131 Å². The predicted molar refractivity (Wildman–Crippen MR) is 246 cm³/mol. The Hall–Kier alpha value is -5.52. The van der Waals surface area contributed by atoms with Crippen LogP contribution in [0.15, 0.2) is 82.6 Å². The standard InChI is InChI=1S/2C13H15NO.2C13H14O2S/c2*1-9(2)11-5-6-15-13-4-3-10(8-14)7-12(11)13;2*1-4-10-5-6-11-12(9(2)3)8-16(14,15)13(11)7-10/h2*3-4,7,9,11H,5-6H2,1-2H3;2*1,5-7,9,12H,8H2,2-3H3/t2*11-;2*12-/m1010/s1. The molecule has 0 saturated heterocycles. The van der Waals surface area contributed by atoms with Crippen LogP contribution in [0.2, 0.25) is 0 Å². The molecule has 0 bridgehead atoms. The Morgan fingerprint density at radius 3 is 1.15 bits per heavy atom. The van der Waals surface area contributed by atoms with Crippen LogP contribution in [0, 0.1) is 71.0 Å². The van der Waals surface area contributed by atoms with E-state index in [0.717, 1.165) is 59.8 Å². The van der Waals surface area contributed by atoms with Gasteiger partial charge in [-0.1, -0.05) is 79.4 Å². The molecule has 0 unspecified atom stereocenters. The van der Waals surface area contributed by atoms with E-state index in [9.17, 15) is 16.8 Å². The highest BCUT2D eigenvalue weighted by Gasteiger charge is 2.37. The van der Waals surface area contributed by atoms with E-state index in [1.165, 1.54) is 11.1 Å². The summed E-state index contributed by atoms with van der Waals surface area (Å²) in [6.45, 7) is 18.7. The molecule has 8 rings (SSSR count). The molecule has 0 fully saturated rings. The molecule has 4 aliphatic heterocycles. The van der Waals surface area contributed by atoms with Gasteiger partial charge in [0.1, 0.15) is 11.5 Å². The van der Waals surface area contributed by atoms with Crippen LogP contribution in [0.5, 0.6) is 11.5 Å². The van der Waals surface area contributed by atoms with Crippen LogP contribution >= 0.6 is 0 Å². The van der Waals surface area contributed by atoms with Crippen LogP contribution in [0.4, 0.5) is 0 Å². The van der Waals surface area contributed by atoms with Gasteiger partial charge in [-0.3, -0.25) is 0 Å². The van der Waals surface area contributed by atoms with Gasteiger partial charge in [0, 0.05) is 23.0 Å². The summed E-state index contributed by atoms with van der Waals surface area (Å²) in [6, 6.07) is 26.4. The minimum Gasteiger partial charge on any atom is -0.493 e. The summed E-state index contributed by atoms with van der Waals surface area (Å²) in [6.07, 6.45) is 12.7. The van der Waals surface area contributed by atoms with Gasteiger partial charge in [-0.25, -0.2) is 16.8 Å². The van der Waals surface area contributed by atoms with Gasteiger partial charge in [-0.15, -0.1) is 12.8 Å². The molecule has 0 aliphatic carbocycles. The lowest BCUT2D eigenvalue weighted by molar-refractivity contribution is 0.247. The third-order valence-electron chi connectivity index (χ3n) is 12.3. The number of nitrogens with zero attached hydrogens (tertiary/aromatic N) is 2. The largest absolute Gasteiger partial charge is 0.493 e. The Kier molecular flexibility index (Phi) is 15.4. The number of fused-ring (bicyclic) bond motifs is 4. The van der Waals surface area contributed by atoms with Crippen molar-refractivity contribution in [2.24, 2.45) is 23.7 Å². The van der Waals surface area contributed by atoms with Crippen molar-refractivity contribution in [3.8, 4) is 48.3 Å². The molecule has 4 atom stereocenters. The van der Waals surface area contributed by atoms with Crippen LogP contribution in [0.25, 0.3) is 0 Å². The fourth-order valence-electron chi connectivity index (χ4n) is 8.70. The first-order valence-electron chi connectivity index (χ1n) is 21.4. The molecular weight excluding hydrogens is 813 g/mol. The molecule has 4 heterocycles. The molecule has 0 spiro atoms. The van der Waals surface area contributed by atoms with Crippen molar-refractivity contribution >= 4 is 19.7 Å². The number of ether oxygens (including phenoxy) is 2. The summed E-state index contributed by atoms with van der Waals surface area (Å²) in [4.78, 5) is 0.864. The van der Waals surface area contributed by atoms with Crippen LogP contribution in [-0.4, -0.2) is 41.6 Å². The van der Waals surface area contributed by atoms with E-state index >= 15 is 0 Å². The zero-order valence-corrected chi connectivity index (χ0v) is 38.7. The van der Waals surface area contributed by atoms with Crippen molar-refractivity contribution in [1.29, 1.82) is 10.5 Å². The van der Waals surface area contributed by atoms with E-state index < -0.39 is 19.7 Å². The normalized spacial score (nSPS) is 20.5. The fourth-order valence-corrected chi connectivity index (χ4v) is 12.9. The number of benzene rings is 4. The smallest absolute Gasteiger partial charge is 0.179 e. The van der Waals surface area contributed by atoms with Gasteiger partial charge in [-0.2, -0.15) is 10.5 Å². The molecule has 10 heteroatoms. The van der Waals surface area contributed by atoms with E-state index in [0.29, 0.717) is 56.4 Å². The van der Waals surface area contributed by atoms with E-state index in [-0.39, 0.29) is 23.3 Å². The van der Waals surface area contributed by atoms with E-state index in [1.807, 2.05) is 88.4 Å². The van der Waals surface area contributed by atoms with Crippen LogP contribution in [-0.2, 0) is 19.7 Å². The lowest BCUT2D eigenvalue weighted by atomic mass is 9.83. The highest BCUT2D eigenvalue weighted by molar-refractivity contribution is 7.92. The minimum absolute atomic E-state index is 0.104. The maximum atomic E-state index is 12.0. The monoisotopic (exact) mass is 870 g/mol. The topological polar surface area (TPSA) is 134 Å². The average molecular weight is 871 g/mol. The van der Waals surface area contributed by atoms with Crippen molar-refractivity contribution in [1.82, 2.24) is 0 Å². The molecule has 0 N–H and O–H groups in total. The molecule has 4 aromatic rings. The Morgan fingerprint density at radius 2 is 0.839 bits per heavy atom. The number of sulfone groups is 2. The maximum Gasteiger partial charge on any atom is 0.179 e. The van der Waals surface area contributed by atoms with Gasteiger partial charge in [0.05, 0.1) is 57.8 Å². The van der Waals surface area contributed by atoms with Crippen LogP contribution < -0.4 is 9.47 Å². The highest BCUT2D eigenvalue weighted by Crippen LogP contribution is 2.42. The Labute approximate surface area is 370 Å². The van der Waals surface area contributed by atoms with E-state index in [4.69, 9.17) is 32.8 Å². The third-order valence-corrected chi connectivity index (χ3v) is 15.9. The summed E-state index contributed by atoms with van der Waals surface area (Å²) in [5.41, 5.74) is 6.97. The quantitative estimate of drug-likeness (QED) is 0.185. The molecule has 62 heavy (non-hydrogen) atoms. The highest BCUT2D eigenvalue weighted by atomic mass is 32.2. The molecule has 0 radical (unpaired) electrons. The number of terminal acetylenes is 2. The summed E-state index contributed by atoms with van der Waals surface area (Å²) in [5.74, 6) is 10.4. The molecule has 4 aliphatic rings. The minimum atomic E-state index is -3.13. The third kappa shape index (κ3) is 10.7. The molecule has 0 saturated carbocycles. The second kappa shape index (κ2) is 20.1. The zero-order valence-electron chi connectivity index (χ0n) is 37.1. The predicted octanol–water partition coefficient (Wildman–Crippen LogP) is 10.6. The summed E-state index contributed by atoms with van der Waals surface area (Å²) in [7, 11) is -6.26. The van der Waals surface area contributed by atoms with E-state index in [1.54, 1.807) is 12.1 Å². The van der Waals surface area contributed by atoms with E-state index in [2.05, 4.69) is 51.7 Å². The molecule has 8 nitrogen and oxygen atoms in total. The van der Waals surface area contributed by atoms with Crippen molar-refractivity contribution in [3.05, 3.63) is 117 Å². The van der Waals surface area contributed by atoms with Crippen molar-refractivity contribution < 1.29 is 26.3 Å². The average Bonchev–Trinajstić information content (AvgIpc) is 3.70. The first-order chi connectivity index (χ1) is 29.3. The summed E-state index contributed by atoms with van der Waals surface area (Å²) < 4.78 is 59.1. The molecule has 0 amide bonds. The summed E-state index contributed by atoms with van der Waals surface area (Å²) >= 11 is 0. The number of hydrogen-bond donors (Lipinski definition) is 0. The Bertz CT molecular complexity index is 2490. The van der Waals surface area contributed by atoms with Crippen molar-refractivity contribution in [2.45, 2.75) is 102 Å². The van der Waals surface area contributed by atoms with Crippen LogP contribution in [0.1, 0.15) is 136 Å². The molecule has 324 valence electrons. The first kappa shape index (κ1) is 47.5. The lowest BCUT2D eigenvalue weighted by Crippen LogP contribution is -2.18. The molecular formula is C52H58N2O6S2. The Balaban J connectivity index is 0.000000156. The van der Waals surface area contributed by atoms with Crippen molar-refractivity contribution in [2.75, 3.05) is 24.7 Å². The second-order valence-electron chi connectivity index (χ2n) is 17.8. The SMILES string of the molecule is C#Cc1ccc2c(c1)S(=O)(=O)C[C@@H]2C(C)C.C#Cc1ccc2c(c1)S(=O)(=O)C[C@H]2C(C)C.CC(C)[C@@H]1CCOc2ccc(C#N)cc21.CC(C)[C@H]1CCOc2ccc(C#N)cc21. The van der Waals surface area contributed by atoms with Crippen molar-refractivity contribution in [3.63, 3.8) is 0 Å². The van der Waals surface area contributed by atoms with Gasteiger partial charge in [0.2, 0.25) is 0 Å². The van der Waals surface area contributed by atoms with Gasteiger partial charge in [0.15, 0.2) is 19.7 Å².